The Hall–Kier alpha value is -2.71. The summed E-state index contributed by atoms with van der Waals surface area (Å²) in [6.07, 6.45) is 5.44. The van der Waals surface area contributed by atoms with Crippen molar-refractivity contribution < 1.29 is 14.3 Å². The zero-order valence-electron chi connectivity index (χ0n) is 13.3. The molecule has 2 aliphatic heterocycles. The van der Waals surface area contributed by atoms with Gasteiger partial charge >= 0.3 is 0 Å². The number of amides is 2. The minimum atomic E-state index is -0.606. The van der Waals surface area contributed by atoms with E-state index in [9.17, 15) is 9.59 Å². The number of allylic oxidation sites excluding steroid dienone is 1. The smallest absolute Gasteiger partial charge is 0.259 e. The molecule has 0 aliphatic carbocycles. The molecule has 1 fully saturated rings. The van der Waals surface area contributed by atoms with Gasteiger partial charge in [-0.2, -0.15) is 0 Å². The predicted octanol–water partition coefficient (Wildman–Crippen LogP) is 1.90. The predicted molar refractivity (Wildman–Crippen MR) is 96.4 cm³/mol. The van der Waals surface area contributed by atoms with Gasteiger partial charge in [-0.1, -0.05) is 0 Å². The number of carbonyl (C=O) groups is 2. The zero-order valence-corrected chi connectivity index (χ0v) is 14.1. The molecular formula is C17H16N4O3S. The summed E-state index contributed by atoms with van der Waals surface area (Å²) in [5, 5.41) is 0.642. The molecule has 4 rings (SSSR count). The summed E-state index contributed by atoms with van der Waals surface area (Å²) in [6.45, 7) is 1.98. The fraction of sp³-hybridized carbons (Fsp3) is 0.235. The normalized spacial score (nSPS) is 17.9. The Kier molecular flexibility index (Phi) is 3.98. The largest absolute Gasteiger partial charge is 0.378 e. The summed E-state index contributed by atoms with van der Waals surface area (Å²) in [7, 11) is 0. The van der Waals surface area contributed by atoms with Gasteiger partial charge in [0, 0.05) is 42.3 Å². The fourth-order valence-electron chi connectivity index (χ4n) is 2.98. The summed E-state index contributed by atoms with van der Waals surface area (Å²) < 4.78 is 5.31. The van der Waals surface area contributed by atoms with Gasteiger partial charge in [0.25, 0.3) is 11.8 Å². The number of aliphatic imine (C=N–C) groups is 1. The second-order valence-corrected chi connectivity index (χ2v) is 6.74. The van der Waals surface area contributed by atoms with Gasteiger partial charge in [-0.25, -0.2) is 4.99 Å². The van der Waals surface area contributed by atoms with Crippen molar-refractivity contribution in [2.24, 2.45) is 10.7 Å². The number of hydrogen-bond donors (Lipinski definition) is 2. The number of primary amides is 1. The number of nitrogens with one attached hydrogen (secondary N) is 1. The molecule has 2 aromatic heterocycles. The van der Waals surface area contributed by atoms with E-state index in [4.69, 9.17) is 10.5 Å². The van der Waals surface area contributed by atoms with Gasteiger partial charge in [-0.3, -0.25) is 9.59 Å². The van der Waals surface area contributed by atoms with Crippen LogP contribution in [0.15, 0.2) is 23.3 Å². The van der Waals surface area contributed by atoms with Crippen molar-refractivity contribution in [2.45, 2.75) is 0 Å². The van der Waals surface area contributed by atoms with E-state index in [1.54, 1.807) is 11.1 Å². The highest BCUT2D eigenvalue weighted by Crippen LogP contribution is 2.44. The maximum absolute atomic E-state index is 13.1. The fourth-order valence-corrected chi connectivity index (χ4v) is 4.00. The van der Waals surface area contributed by atoms with Gasteiger partial charge in [0.1, 0.15) is 9.88 Å². The molecule has 0 spiro atoms. The topological polar surface area (TPSA) is 101 Å². The summed E-state index contributed by atoms with van der Waals surface area (Å²) in [5.41, 5.74) is 8.24. The summed E-state index contributed by atoms with van der Waals surface area (Å²) in [5.74, 6) is -0.803. The molecule has 8 heteroatoms. The molecule has 7 nitrogen and oxygen atoms in total. The molecule has 0 aromatic carbocycles. The second-order valence-electron chi connectivity index (χ2n) is 5.74. The van der Waals surface area contributed by atoms with Crippen LogP contribution in [0.2, 0.25) is 0 Å². The highest BCUT2D eigenvalue weighted by Gasteiger charge is 2.33. The third-order valence-electron chi connectivity index (χ3n) is 4.17. The Bertz CT molecular complexity index is 889. The molecular weight excluding hydrogens is 340 g/mol. The van der Waals surface area contributed by atoms with Gasteiger partial charge in [-0.05, 0) is 18.2 Å². The van der Waals surface area contributed by atoms with Crippen LogP contribution < -0.4 is 5.73 Å². The van der Waals surface area contributed by atoms with Gasteiger partial charge < -0.3 is 20.4 Å². The van der Waals surface area contributed by atoms with Crippen molar-refractivity contribution in [3.63, 3.8) is 0 Å². The molecule has 0 atom stereocenters. The Labute approximate surface area is 147 Å². The summed E-state index contributed by atoms with van der Waals surface area (Å²) >= 11 is 1.16. The van der Waals surface area contributed by atoms with Crippen LogP contribution >= 0.6 is 11.3 Å². The third kappa shape index (κ3) is 2.79. The van der Waals surface area contributed by atoms with E-state index in [2.05, 4.69) is 9.98 Å². The average Bonchev–Trinajstić information content (AvgIpc) is 3.33. The molecule has 0 bridgehead atoms. The van der Waals surface area contributed by atoms with Crippen molar-refractivity contribution in [3.05, 3.63) is 40.0 Å². The first-order valence-electron chi connectivity index (χ1n) is 7.88. The van der Waals surface area contributed by atoms with Crippen LogP contribution in [-0.2, 0) is 4.74 Å². The van der Waals surface area contributed by atoms with E-state index >= 15 is 0 Å². The van der Waals surface area contributed by atoms with Gasteiger partial charge in [-0.15, -0.1) is 11.3 Å². The van der Waals surface area contributed by atoms with Crippen LogP contribution in [0.3, 0.4) is 0 Å². The monoisotopic (exact) mass is 356 g/mol. The van der Waals surface area contributed by atoms with E-state index in [1.165, 1.54) is 0 Å². The van der Waals surface area contributed by atoms with Crippen LogP contribution in [0.4, 0.5) is 5.00 Å². The van der Waals surface area contributed by atoms with E-state index < -0.39 is 5.91 Å². The first kappa shape index (κ1) is 15.8. The molecule has 2 aliphatic rings. The number of ether oxygens (including phenoxy) is 1. The molecule has 0 saturated carbocycles. The van der Waals surface area contributed by atoms with E-state index in [-0.39, 0.29) is 10.8 Å². The lowest BCUT2D eigenvalue weighted by atomic mass is 10.0. The molecule has 1 saturated heterocycles. The first-order valence-corrected chi connectivity index (χ1v) is 8.70. The number of carbonyl (C=O) groups excluding carboxylic acids is 2. The zero-order chi connectivity index (χ0) is 17.4. The summed E-state index contributed by atoms with van der Waals surface area (Å²) in [6, 6.07) is 3.81. The number of H-pyrrole nitrogens is 1. The van der Waals surface area contributed by atoms with Crippen LogP contribution in [0.25, 0.3) is 11.6 Å². The molecule has 0 radical (unpaired) electrons. The molecule has 4 heterocycles. The summed E-state index contributed by atoms with van der Waals surface area (Å²) in [4.78, 5) is 34.4. The van der Waals surface area contributed by atoms with Crippen molar-refractivity contribution in [3.8, 4) is 0 Å². The number of aromatic amines is 1. The van der Waals surface area contributed by atoms with Crippen LogP contribution in [0.5, 0.6) is 0 Å². The quantitative estimate of drug-likeness (QED) is 0.878. The van der Waals surface area contributed by atoms with Crippen molar-refractivity contribution >= 4 is 46.0 Å². The Morgan fingerprint density at radius 1 is 1.36 bits per heavy atom. The Morgan fingerprint density at radius 2 is 2.16 bits per heavy atom. The highest BCUT2D eigenvalue weighted by atomic mass is 32.1. The van der Waals surface area contributed by atoms with Crippen LogP contribution in [0.1, 0.15) is 31.3 Å². The molecule has 25 heavy (non-hydrogen) atoms. The van der Waals surface area contributed by atoms with E-state index in [1.807, 2.05) is 24.4 Å². The number of nitrogens with two attached hydrogens (primary N) is 1. The van der Waals surface area contributed by atoms with Gasteiger partial charge in [0.15, 0.2) is 0 Å². The number of aromatic nitrogens is 1. The van der Waals surface area contributed by atoms with E-state index in [0.29, 0.717) is 42.4 Å². The lowest BCUT2D eigenvalue weighted by Crippen LogP contribution is -2.41. The molecule has 128 valence electrons. The maximum atomic E-state index is 13.1. The number of thiophene rings is 1. The number of morpholine rings is 1. The highest BCUT2D eigenvalue weighted by molar-refractivity contribution is 7.18. The molecule has 3 N–H and O–H groups in total. The Balaban J connectivity index is 1.81. The first-order chi connectivity index (χ1) is 12.1. The lowest BCUT2D eigenvalue weighted by molar-refractivity contribution is 0.0302. The van der Waals surface area contributed by atoms with Crippen LogP contribution in [-0.4, -0.2) is 54.2 Å². The van der Waals surface area contributed by atoms with Crippen molar-refractivity contribution in [1.82, 2.24) is 9.88 Å². The van der Waals surface area contributed by atoms with Crippen molar-refractivity contribution in [1.29, 1.82) is 0 Å². The third-order valence-corrected chi connectivity index (χ3v) is 5.28. The molecule has 2 aromatic rings. The van der Waals surface area contributed by atoms with Crippen LogP contribution in [0, 0.1) is 0 Å². The van der Waals surface area contributed by atoms with Gasteiger partial charge in [0.2, 0.25) is 0 Å². The standard InChI is InChI=1S/C17H16N4O3S/c18-15(22)14-13(17(23)21-4-6-24-7-5-21)12-10(9-20-16(12)25-14)8-11-2-1-3-19-11/h1-3,8-9,19H,4-7H2,(H2,18,22). The lowest BCUT2D eigenvalue weighted by Gasteiger charge is -2.27. The number of rotatable bonds is 3. The molecule has 0 unspecified atom stereocenters. The molecule has 2 amide bonds. The second kappa shape index (κ2) is 6.30. The van der Waals surface area contributed by atoms with Crippen molar-refractivity contribution in [2.75, 3.05) is 26.3 Å². The average molecular weight is 356 g/mol. The van der Waals surface area contributed by atoms with E-state index in [0.717, 1.165) is 22.6 Å². The number of nitrogens with zero attached hydrogens (tertiary/aromatic N) is 2. The SMILES string of the molecule is NC(=O)c1sc2c(c1C(=O)N1CCOCC1)C(=Cc1ccc[nH]1)C=N2. The minimum Gasteiger partial charge on any atom is -0.378 e. The number of hydrogen-bond acceptors (Lipinski definition) is 5. The Morgan fingerprint density at radius 3 is 2.84 bits per heavy atom. The minimum absolute atomic E-state index is 0.197. The maximum Gasteiger partial charge on any atom is 0.259 e. The van der Waals surface area contributed by atoms with Gasteiger partial charge in [0.05, 0.1) is 18.8 Å². The number of fused-ring (bicyclic) bond motifs is 1.